The number of nitrogens with one attached hydrogen (secondary N) is 1. The number of nitro groups is 1. The smallest absolute Gasteiger partial charge is 0.292 e. The van der Waals surface area contributed by atoms with Crippen LogP contribution in [0.25, 0.3) is 0 Å². The van der Waals surface area contributed by atoms with Gasteiger partial charge in [-0.15, -0.1) is 10.2 Å². The lowest BCUT2D eigenvalue weighted by molar-refractivity contribution is -0.384. The largest absolute Gasteiger partial charge is 0.372 e. The van der Waals surface area contributed by atoms with Gasteiger partial charge in [0.25, 0.3) is 5.69 Å². The molecule has 1 N–H and O–H groups in total. The highest BCUT2D eigenvalue weighted by atomic mass is 16.6. The van der Waals surface area contributed by atoms with Gasteiger partial charge in [0.05, 0.1) is 11.5 Å². The number of aromatic nitrogens is 3. The molecular formula is C13H17N5O2. The molecule has 1 aromatic heterocycles. The van der Waals surface area contributed by atoms with Crippen LogP contribution in [0.2, 0.25) is 0 Å². The van der Waals surface area contributed by atoms with Crippen LogP contribution in [-0.4, -0.2) is 19.7 Å². The lowest BCUT2D eigenvalue weighted by atomic mass is 10.2. The molecular weight excluding hydrogens is 258 g/mol. The summed E-state index contributed by atoms with van der Waals surface area (Å²) < 4.78 is 1.92. The Morgan fingerprint density at radius 3 is 2.85 bits per heavy atom. The third-order valence-electron chi connectivity index (χ3n) is 2.99. The van der Waals surface area contributed by atoms with Crippen molar-refractivity contribution < 1.29 is 4.92 Å². The number of benzene rings is 1. The molecule has 0 aliphatic rings. The van der Waals surface area contributed by atoms with Crippen molar-refractivity contribution in [2.45, 2.75) is 33.4 Å². The van der Waals surface area contributed by atoms with Crippen LogP contribution in [0.5, 0.6) is 0 Å². The van der Waals surface area contributed by atoms with E-state index < -0.39 is 0 Å². The summed E-state index contributed by atoms with van der Waals surface area (Å²) in [6.07, 6.45) is 1.66. The minimum absolute atomic E-state index is 0.0700. The molecule has 0 atom stereocenters. The van der Waals surface area contributed by atoms with E-state index in [0.29, 0.717) is 12.2 Å². The molecule has 1 heterocycles. The zero-order valence-corrected chi connectivity index (χ0v) is 11.7. The average molecular weight is 275 g/mol. The maximum Gasteiger partial charge on any atom is 0.292 e. The predicted molar refractivity (Wildman–Crippen MR) is 75.6 cm³/mol. The first-order valence-corrected chi connectivity index (χ1v) is 6.36. The van der Waals surface area contributed by atoms with Crippen LogP contribution in [0.3, 0.4) is 0 Å². The fourth-order valence-corrected chi connectivity index (χ4v) is 1.94. The van der Waals surface area contributed by atoms with E-state index in [9.17, 15) is 10.1 Å². The van der Waals surface area contributed by atoms with Gasteiger partial charge < -0.3 is 9.88 Å². The second-order valence-corrected chi connectivity index (χ2v) is 4.88. The molecule has 0 fully saturated rings. The van der Waals surface area contributed by atoms with E-state index in [4.69, 9.17) is 0 Å². The zero-order valence-electron chi connectivity index (χ0n) is 11.7. The summed E-state index contributed by atoms with van der Waals surface area (Å²) in [5.41, 5.74) is 1.41. The Labute approximate surface area is 116 Å². The summed E-state index contributed by atoms with van der Waals surface area (Å²) in [6.45, 7) is 6.27. The number of nitro benzene ring substituents is 1. The number of rotatable bonds is 5. The van der Waals surface area contributed by atoms with Crippen molar-refractivity contribution in [2.75, 3.05) is 5.32 Å². The molecule has 0 saturated carbocycles. The first-order valence-electron chi connectivity index (χ1n) is 6.36. The zero-order chi connectivity index (χ0) is 14.7. The molecule has 0 radical (unpaired) electrons. The molecule has 0 amide bonds. The minimum Gasteiger partial charge on any atom is -0.372 e. The van der Waals surface area contributed by atoms with Crippen molar-refractivity contribution in [3.8, 4) is 0 Å². The van der Waals surface area contributed by atoms with Crippen molar-refractivity contribution in [2.24, 2.45) is 0 Å². The minimum atomic E-state index is -0.386. The topological polar surface area (TPSA) is 85.9 Å². The van der Waals surface area contributed by atoms with Crippen LogP contribution in [0.1, 0.15) is 31.3 Å². The highest BCUT2D eigenvalue weighted by molar-refractivity contribution is 5.62. The number of hydrogen-bond acceptors (Lipinski definition) is 5. The first-order chi connectivity index (χ1) is 9.49. The number of aryl methyl sites for hydroxylation is 1. The standard InChI is InChI=1S/C13H17N5O2/c1-9(2)17-8-15-16-13(17)7-14-11-5-4-10(3)6-12(11)18(19)20/h4-6,8-9,14H,7H2,1-3H3. The first kappa shape index (κ1) is 14.0. The van der Waals surface area contributed by atoms with E-state index in [-0.39, 0.29) is 16.7 Å². The highest BCUT2D eigenvalue weighted by Gasteiger charge is 2.14. The molecule has 7 nitrogen and oxygen atoms in total. The average Bonchev–Trinajstić information content (AvgIpc) is 2.85. The van der Waals surface area contributed by atoms with Gasteiger partial charge in [-0.3, -0.25) is 10.1 Å². The van der Waals surface area contributed by atoms with Crippen molar-refractivity contribution in [1.29, 1.82) is 0 Å². The second-order valence-electron chi connectivity index (χ2n) is 4.88. The molecule has 0 spiro atoms. The maximum absolute atomic E-state index is 11.0. The van der Waals surface area contributed by atoms with Gasteiger partial charge >= 0.3 is 0 Å². The van der Waals surface area contributed by atoms with Gasteiger partial charge in [0.1, 0.15) is 12.0 Å². The van der Waals surface area contributed by atoms with Crippen molar-refractivity contribution >= 4 is 11.4 Å². The third-order valence-corrected chi connectivity index (χ3v) is 2.99. The molecule has 0 bridgehead atoms. The molecule has 1 aromatic carbocycles. The van der Waals surface area contributed by atoms with Crippen LogP contribution in [0.4, 0.5) is 11.4 Å². The van der Waals surface area contributed by atoms with Crippen LogP contribution < -0.4 is 5.32 Å². The summed E-state index contributed by atoms with van der Waals surface area (Å²) in [5.74, 6) is 0.745. The Kier molecular flexibility index (Phi) is 3.97. The van der Waals surface area contributed by atoms with Gasteiger partial charge in [0.15, 0.2) is 5.82 Å². The van der Waals surface area contributed by atoms with Crippen molar-refractivity contribution in [3.63, 3.8) is 0 Å². The summed E-state index contributed by atoms with van der Waals surface area (Å²) in [5, 5.41) is 22.0. The molecule has 2 rings (SSSR count). The normalized spacial score (nSPS) is 10.8. The second kappa shape index (κ2) is 5.68. The van der Waals surface area contributed by atoms with Crippen LogP contribution in [-0.2, 0) is 6.54 Å². The van der Waals surface area contributed by atoms with Gasteiger partial charge in [-0.2, -0.15) is 0 Å². The molecule has 2 aromatic rings. The summed E-state index contributed by atoms with van der Waals surface area (Å²) >= 11 is 0. The lowest BCUT2D eigenvalue weighted by Gasteiger charge is -2.11. The van der Waals surface area contributed by atoms with Gasteiger partial charge in [0, 0.05) is 12.1 Å². The quantitative estimate of drug-likeness (QED) is 0.669. The molecule has 106 valence electrons. The Balaban J connectivity index is 2.19. The van der Waals surface area contributed by atoms with E-state index in [1.165, 1.54) is 0 Å². The van der Waals surface area contributed by atoms with E-state index in [1.54, 1.807) is 18.5 Å². The fraction of sp³-hybridized carbons (Fsp3) is 0.385. The Morgan fingerprint density at radius 2 is 2.20 bits per heavy atom. The fourth-order valence-electron chi connectivity index (χ4n) is 1.94. The van der Waals surface area contributed by atoms with E-state index in [1.807, 2.05) is 31.4 Å². The SMILES string of the molecule is Cc1ccc(NCc2nncn2C(C)C)c([N+](=O)[O-])c1. The van der Waals surface area contributed by atoms with E-state index >= 15 is 0 Å². The monoisotopic (exact) mass is 275 g/mol. The van der Waals surface area contributed by atoms with Gasteiger partial charge in [-0.05, 0) is 32.4 Å². The lowest BCUT2D eigenvalue weighted by Crippen LogP contribution is -2.11. The van der Waals surface area contributed by atoms with Gasteiger partial charge in [0.2, 0.25) is 0 Å². The Bertz CT molecular complexity index is 621. The molecule has 0 aliphatic carbocycles. The van der Waals surface area contributed by atoms with Crippen LogP contribution in [0.15, 0.2) is 24.5 Å². The summed E-state index contributed by atoms with van der Waals surface area (Å²) in [6, 6.07) is 5.34. The molecule has 20 heavy (non-hydrogen) atoms. The van der Waals surface area contributed by atoms with Gasteiger partial charge in [-0.25, -0.2) is 0 Å². The highest BCUT2D eigenvalue weighted by Crippen LogP contribution is 2.25. The van der Waals surface area contributed by atoms with E-state index in [2.05, 4.69) is 15.5 Å². The molecule has 7 heteroatoms. The summed E-state index contributed by atoms with van der Waals surface area (Å²) in [7, 11) is 0. The molecule has 0 aliphatic heterocycles. The molecule has 0 unspecified atom stereocenters. The number of anilines is 1. The number of hydrogen-bond donors (Lipinski definition) is 1. The Hall–Kier alpha value is -2.44. The van der Waals surface area contributed by atoms with Crippen molar-refractivity contribution in [1.82, 2.24) is 14.8 Å². The van der Waals surface area contributed by atoms with Crippen molar-refractivity contribution in [3.05, 3.63) is 46.0 Å². The van der Waals surface area contributed by atoms with Crippen LogP contribution in [0, 0.1) is 17.0 Å². The maximum atomic E-state index is 11.0. The predicted octanol–water partition coefficient (Wildman–Crippen LogP) is 2.69. The molecule has 0 saturated heterocycles. The Morgan fingerprint density at radius 1 is 1.45 bits per heavy atom. The van der Waals surface area contributed by atoms with Crippen LogP contribution >= 0.6 is 0 Å². The third kappa shape index (κ3) is 2.93. The van der Waals surface area contributed by atoms with E-state index in [0.717, 1.165) is 11.4 Å². The number of nitrogens with zero attached hydrogens (tertiary/aromatic N) is 4. The summed E-state index contributed by atoms with van der Waals surface area (Å²) in [4.78, 5) is 10.7. The van der Waals surface area contributed by atoms with Gasteiger partial charge in [-0.1, -0.05) is 6.07 Å².